The summed E-state index contributed by atoms with van der Waals surface area (Å²) in [6.45, 7) is 3.26. The second kappa shape index (κ2) is 6.08. The van der Waals surface area contributed by atoms with Crippen LogP contribution >= 0.6 is 0 Å². The molecule has 88 valence electrons. The van der Waals surface area contributed by atoms with Crippen molar-refractivity contribution in [3.63, 3.8) is 0 Å². The lowest BCUT2D eigenvalue weighted by Gasteiger charge is -2.30. The summed E-state index contributed by atoms with van der Waals surface area (Å²) < 4.78 is 9.89. The number of hydrogen-bond donors (Lipinski definition) is 1. The van der Waals surface area contributed by atoms with Crippen LogP contribution in [0.4, 0.5) is 0 Å². The molecule has 0 saturated carbocycles. The van der Waals surface area contributed by atoms with Crippen molar-refractivity contribution in [2.24, 2.45) is 11.8 Å². The Morgan fingerprint density at radius 2 is 2.40 bits per heavy atom. The van der Waals surface area contributed by atoms with Crippen LogP contribution in [0.1, 0.15) is 26.2 Å². The number of aliphatic hydroxyl groups excluding tert-OH is 1. The molecular formula is C11H20O4. The standard InChI is InChI=1S/C11H20O4/c1-8(6-10(12)14-2)11(13)9-4-3-5-15-7-9/h8-9,11,13H,3-7H2,1-2H3. The largest absolute Gasteiger partial charge is 0.469 e. The van der Waals surface area contributed by atoms with Gasteiger partial charge in [0, 0.05) is 12.5 Å². The molecule has 0 aromatic carbocycles. The van der Waals surface area contributed by atoms with Crippen molar-refractivity contribution in [1.29, 1.82) is 0 Å². The molecule has 1 rings (SSSR count). The average Bonchev–Trinajstić information content (AvgIpc) is 2.29. The van der Waals surface area contributed by atoms with E-state index in [-0.39, 0.29) is 24.2 Å². The number of esters is 1. The van der Waals surface area contributed by atoms with E-state index in [0.29, 0.717) is 6.61 Å². The molecule has 0 amide bonds. The third-order valence-electron chi connectivity index (χ3n) is 2.98. The van der Waals surface area contributed by atoms with Crippen molar-refractivity contribution in [3.8, 4) is 0 Å². The van der Waals surface area contributed by atoms with Gasteiger partial charge in [-0.1, -0.05) is 6.92 Å². The topological polar surface area (TPSA) is 55.8 Å². The van der Waals surface area contributed by atoms with Crippen LogP contribution in [0.25, 0.3) is 0 Å². The molecule has 15 heavy (non-hydrogen) atoms. The van der Waals surface area contributed by atoms with Crippen molar-refractivity contribution in [2.45, 2.75) is 32.3 Å². The second-order valence-electron chi connectivity index (χ2n) is 4.23. The quantitative estimate of drug-likeness (QED) is 0.711. The fourth-order valence-corrected chi connectivity index (χ4v) is 1.97. The zero-order valence-corrected chi connectivity index (χ0v) is 9.44. The first-order valence-corrected chi connectivity index (χ1v) is 5.47. The number of rotatable bonds is 4. The molecule has 0 aromatic heterocycles. The molecule has 0 radical (unpaired) electrons. The summed E-state index contributed by atoms with van der Waals surface area (Å²) in [5.74, 6) is -0.166. The van der Waals surface area contributed by atoms with Crippen LogP contribution < -0.4 is 0 Å². The lowest BCUT2D eigenvalue weighted by molar-refractivity contribution is -0.143. The number of ether oxygens (including phenoxy) is 2. The smallest absolute Gasteiger partial charge is 0.305 e. The Hall–Kier alpha value is -0.610. The first kappa shape index (κ1) is 12.5. The van der Waals surface area contributed by atoms with Gasteiger partial charge in [-0.05, 0) is 18.8 Å². The van der Waals surface area contributed by atoms with E-state index < -0.39 is 6.10 Å². The van der Waals surface area contributed by atoms with Gasteiger partial charge in [0.2, 0.25) is 0 Å². The Labute approximate surface area is 90.6 Å². The molecule has 0 aromatic rings. The Morgan fingerprint density at radius 1 is 1.67 bits per heavy atom. The van der Waals surface area contributed by atoms with E-state index in [2.05, 4.69) is 4.74 Å². The molecule has 1 saturated heterocycles. The lowest BCUT2D eigenvalue weighted by Crippen LogP contribution is -2.34. The predicted molar refractivity (Wildman–Crippen MR) is 55.3 cm³/mol. The van der Waals surface area contributed by atoms with Crippen molar-refractivity contribution in [3.05, 3.63) is 0 Å². The molecule has 0 spiro atoms. The van der Waals surface area contributed by atoms with Gasteiger partial charge in [0.05, 0.1) is 26.2 Å². The van der Waals surface area contributed by atoms with Gasteiger partial charge in [-0.3, -0.25) is 4.79 Å². The van der Waals surface area contributed by atoms with Gasteiger partial charge in [0.1, 0.15) is 0 Å². The summed E-state index contributed by atoms with van der Waals surface area (Å²) in [4.78, 5) is 11.0. The molecule has 1 aliphatic heterocycles. The van der Waals surface area contributed by atoms with Crippen LogP contribution in [0.15, 0.2) is 0 Å². The molecular weight excluding hydrogens is 196 g/mol. The molecule has 1 aliphatic rings. The highest BCUT2D eigenvalue weighted by Crippen LogP contribution is 2.24. The summed E-state index contributed by atoms with van der Waals surface area (Å²) in [6.07, 6.45) is 1.78. The van der Waals surface area contributed by atoms with Crippen LogP contribution in [0.2, 0.25) is 0 Å². The van der Waals surface area contributed by atoms with Crippen molar-refractivity contribution >= 4 is 5.97 Å². The van der Waals surface area contributed by atoms with Crippen molar-refractivity contribution < 1.29 is 19.4 Å². The first-order valence-electron chi connectivity index (χ1n) is 5.47. The van der Waals surface area contributed by atoms with E-state index in [9.17, 15) is 9.90 Å². The SMILES string of the molecule is COC(=O)CC(C)C(O)C1CCCOC1. The monoisotopic (exact) mass is 216 g/mol. The highest BCUT2D eigenvalue weighted by atomic mass is 16.5. The number of methoxy groups -OCH3 is 1. The highest BCUT2D eigenvalue weighted by Gasteiger charge is 2.28. The fourth-order valence-electron chi connectivity index (χ4n) is 1.97. The number of carbonyl (C=O) groups is 1. The van der Waals surface area contributed by atoms with Gasteiger partial charge in [0.15, 0.2) is 0 Å². The van der Waals surface area contributed by atoms with E-state index in [1.54, 1.807) is 0 Å². The molecule has 4 heteroatoms. The minimum absolute atomic E-state index is 0.0656. The molecule has 3 atom stereocenters. The summed E-state index contributed by atoms with van der Waals surface area (Å²) in [5, 5.41) is 10.00. The second-order valence-corrected chi connectivity index (χ2v) is 4.23. The van der Waals surface area contributed by atoms with Crippen LogP contribution in [0.3, 0.4) is 0 Å². The van der Waals surface area contributed by atoms with E-state index in [1.807, 2.05) is 6.92 Å². The molecule has 1 fully saturated rings. The highest BCUT2D eigenvalue weighted by molar-refractivity contribution is 5.69. The normalized spacial score (nSPS) is 25.7. The molecule has 0 bridgehead atoms. The van der Waals surface area contributed by atoms with Crippen molar-refractivity contribution in [2.75, 3.05) is 20.3 Å². The van der Waals surface area contributed by atoms with Gasteiger partial charge in [-0.2, -0.15) is 0 Å². The summed E-state index contributed by atoms with van der Waals surface area (Å²) in [5.41, 5.74) is 0. The first-order chi connectivity index (χ1) is 7.15. The van der Waals surface area contributed by atoms with Crippen LogP contribution in [0, 0.1) is 11.8 Å². The van der Waals surface area contributed by atoms with Crippen LogP contribution in [-0.4, -0.2) is 37.5 Å². The molecule has 4 nitrogen and oxygen atoms in total. The maximum atomic E-state index is 11.0. The van der Waals surface area contributed by atoms with Gasteiger partial charge in [-0.15, -0.1) is 0 Å². The average molecular weight is 216 g/mol. The molecule has 0 aliphatic carbocycles. The summed E-state index contributed by atoms with van der Waals surface area (Å²) in [6, 6.07) is 0. The predicted octanol–water partition coefficient (Wildman–Crippen LogP) is 0.973. The van der Waals surface area contributed by atoms with Crippen molar-refractivity contribution in [1.82, 2.24) is 0 Å². The number of aliphatic hydroxyl groups is 1. The Bertz CT molecular complexity index is 199. The summed E-state index contributed by atoms with van der Waals surface area (Å²) in [7, 11) is 1.37. The Kier molecular flexibility index (Phi) is 5.05. The molecule has 1 N–H and O–H groups in total. The van der Waals surface area contributed by atoms with E-state index >= 15 is 0 Å². The van der Waals surface area contributed by atoms with Gasteiger partial charge < -0.3 is 14.6 Å². The molecule has 3 unspecified atom stereocenters. The molecule has 1 heterocycles. The van der Waals surface area contributed by atoms with E-state index in [1.165, 1.54) is 7.11 Å². The zero-order valence-electron chi connectivity index (χ0n) is 9.44. The van der Waals surface area contributed by atoms with Gasteiger partial charge in [-0.25, -0.2) is 0 Å². The third-order valence-corrected chi connectivity index (χ3v) is 2.98. The van der Waals surface area contributed by atoms with Gasteiger partial charge in [0.25, 0.3) is 0 Å². The third kappa shape index (κ3) is 3.80. The minimum atomic E-state index is -0.468. The maximum absolute atomic E-state index is 11.0. The Balaban J connectivity index is 2.36. The number of hydrogen-bond acceptors (Lipinski definition) is 4. The minimum Gasteiger partial charge on any atom is -0.469 e. The zero-order chi connectivity index (χ0) is 11.3. The Morgan fingerprint density at radius 3 is 2.93 bits per heavy atom. The number of carbonyl (C=O) groups excluding carboxylic acids is 1. The lowest BCUT2D eigenvalue weighted by atomic mass is 9.86. The fraction of sp³-hybridized carbons (Fsp3) is 0.909. The maximum Gasteiger partial charge on any atom is 0.305 e. The van der Waals surface area contributed by atoms with Gasteiger partial charge >= 0.3 is 5.97 Å². The summed E-state index contributed by atoms with van der Waals surface area (Å²) >= 11 is 0. The van der Waals surface area contributed by atoms with Crippen LogP contribution in [-0.2, 0) is 14.3 Å². The van der Waals surface area contributed by atoms with E-state index in [0.717, 1.165) is 19.4 Å². The van der Waals surface area contributed by atoms with Crippen LogP contribution in [0.5, 0.6) is 0 Å². The van der Waals surface area contributed by atoms with E-state index in [4.69, 9.17) is 4.74 Å².